The molecule has 3 amide bonds. The van der Waals surface area contributed by atoms with Gasteiger partial charge in [-0.15, -0.1) is 0 Å². The zero-order valence-corrected chi connectivity index (χ0v) is 21.0. The number of rotatable bonds is 13. The van der Waals surface area contributed by atoms with Crippen LogP contribution in [0.5, 0.6) is 5.75 Å². The topological polar surface area (TPSA) is 128 Å². The molecule has 0 spiro atoms. The van der Waals surface area contributed by atoms with Gasteiger partial charge in [0.2, 0.25) is 17.7 Å². The Labute approximate surface area is 208 Å². The van der Waals surface area contributed by atoms with E-state index < -0.39 is 24.0 Å². The van der Waals surface area contributed by atoms with Crippen molar-refractivity contribution in [2.45, 2.75) is 69.5 Å². The summed E-state index contributed by atoms with van der Waals surface area (Å²) in [5.74, 6) is -0.911. The summed E-state index contributed by atoms with van der Waals surface area (Å²) in [4.78, 5) is 43.5. The molecule has 2 fully saturated rings. The van der Waals surface area contributed by atoms with Gasteiger partial charge < -0.3 is 31.3 Å². The third-order valence-electron chi connectivity index (χ3n) is 7.02. The molecule has 194 valence electrons. The minimum atomic E-state index is -0.672. The van der Waals surface area contributed by atoms with Gasteiger partial charge in [-0.2, -0.15) is 0 Å². The molecule has 1 aromatic carbocycles. The molecule has 0 aliphatic carbocycles. The predicted molar refractivity (Wildman–Crippen MR) is 134 cm³/mol. The summed E-state index contributed by atoms with van der Waals surface area (Å²) in [5.41, 5.74) is 6.34. The average molecular weight is 488 g/mol. The van der Waals surface area contributed by atoms with Crippen molar-refractivity contribution in [3.63, 3.8) is 0 Å². The molecule has 0 unspecified atom stereocenters. The van der Waals surface area contributed by atoms with Gasteiger partial charge in [-0.1, -0.05) is 25.0 Å². The van der Waals surface area contributed by atoms with Crippen LogP contribution >= 0.6 is 0 Å². The Morgan fingerprint density at radius 2 is 1.83 bits per heavy atom. The average Bonchev–Trinajstić information content (AvgIpc) is 3.23. The Hall–Kier alpha value is -2.65. The van der Waals surface area contributed by atoms with Gasteiger partial charge in [0.15, 0.2) is 0 Å². The molecule has 0 aromatic heterocycles. The SMILES string of the molecule is CN(C)CCCCCCNC(=O)[C@@H]1C[C@@H]2C(=O)N[C@@H](CCCCN)C(=O)N2[C@@H]1c1ccc(O)cc1. The van der Waals surface area contributed by atoms with E-state index in [1.54, 1.807) is 29.2 Å². The number of nitrogens with zero attached hydrogens (tertiary/aromatic N) is 2. The molecule has 3 rings (SSSR count). The number of benzene rings is 1. The van der Waals surface area contributed by atoms with Crippen LogP contribution in [-0.4, -0.2) is 78.4 Å². The van der Waals surface area contributed by atoms with E-state index in [1.165, 1.54) is 0 Å². The van der Waals surface area contributed by atoms with Crippen LogP contribution in [-0.2, 0) is 14.4 Å². The molecule has 9 heteroatoms. The Morgan fingerprint density at radius 1 is 1.11 bits per heavy atom. The summed E-state index contributed by atoms with van der Waals surface area (Å²) in [7, 11) is 4.13. The maximum Gasteiger partial charge on any atom is 0.246 e. The number of aromatic hydroxyl groups is 1. The maximum absolute atomic E-state index is 13.5. The molecule has 35 heavy (non-hydrogen) atoms. The number of hydrogen-bond donors (Lipinski definition) is 4. The lowest BCUT2D eigenvalue weighted by molar-refractivity contribution is -0.149. The Bertz CT molecular complexity index is 860. The van der Waals surface area contributed by atoms with E-state index in [0.717, 1.165) is 50.6 Å². The molecule has 0 bridgehead atoms. The largest absolute Gasteiger partial charge is 0.508 e. The van der Waals surface area contributed by atoms with Crippen molar-refractivity contribution in [2.24, 2.45) is 11.7 Å². The second kappa shape index (κ2) is 12.9. The van der Waals surface area contributed by atoms with E-state index in [-0.39, 0.29) is 29.9 Å². The van der Waals surface area contributed by atoms with Gasteiger partial charge in [0, 0.05) is 6.54 Å². The highest BCUT2D eigenvalue weighted by atomic mass is 16.3. The van der Waals surface area contributed by atoms with Crippen LogP contribution in [0.15, 0.2) is 24.3 Å². The number of fused-ring (bicyclic) bond motifs is 1. The summed E-state index contributed by atoms with van der Waals surface area (Å²) in [5, 5.41) is 15.7. The van der Waals surface area contributed by atoms with Gasteiger partial charge in [0.1, 0.15) is 17.8 Å². The number of hydrogen-bond acceptors (Lipinski definition) is 6. The molecule has 9 nitrogen and oxygen atoms in total. The predicted octanol–water partition coefficient (Wildman–Crippen LogP) is 1.52. The highest BCUT2D eigenvalue weighted by Crippen LogP contribution is 2.43. The van der Waals surface area contributed by atoms with Crippen LogP contribution in [0.2, 0.25) is 0 Å². The number of nitrogens with one attached hydrogen (secondary N) is 2. The van der Waals surface area contributed by atoms with E-state index in [1.807, 2.05) is 0 Å². The number of piperazine rings is 1. The highest BCUT2D eigenvalue weighted by molar-refractivity contribution is 5.99. The number of nitrogens with two attached hydrogens (primary N) is 1. The fourth-order valence-corrected chi connectivity index (χ4v) is 5.16. The van der Waals surface area contributed by atoms with Crippen molar-refractivity contribution >= 4 is 17.7 Å². The lowest BCUT2D eigenvalue weighted by Crippen LogP contribution is -2.61. The van der Waals surface area contributed by atoms with Gasteiger partial charge >= 0.3 is 0 Å². The highest BCUT2D eigenvalue weighted by Gasteiger charge is 2.54. The Balaban J connectivity index is 1.70. The molecule has 2 aliphatic rings. The number of phenols is 1. The van der Waals surface area contributed by atoms with Crippen LogP contribution in [0.1, 0.15) is 63.0 Å². The molecule has 5 N–H and O–H groups in total. The first-order chi connectivity index (χ1) is 16.8. The number of unbranched alkanes of at least 4 members (excludes halogenated alkanes) is 4. The fourth-order valence-electron chi connectivity index (χ4n) is 5.16. The Morgan fingerprint density at radius 3 is 2.51 bits per heavy atom. The number of carbonyl (C=O) groups is 3. The third kappa shape index (κ3) is 6.95. The summed E-state index contributed by atoms with van der Waals surface area (Å²) in [6, 6.07) is 4.75. The maximum atomic E-state index is 13.5. The van der Waals surface area contributed by atoms with Crippen molar-refractivity contribution in [3.8, 4) is 5.75 Å². The molecule has 1 aromatic rings. The zero-order valence-electron chi connectivity index (χ0n) is 21.0. The van der Waals surface area contributed by atoms with Crippen molar-refractivity contribution in [3.05, 3.63) is 29.8 Å². The quantitative estimate of drug-likeness (QED) is 0.312. The minimum absolute atomic E-state index is 0.112. The first kappa shape index (κ1) is 26.9. The first-order valence-corrected chi connectivity index (χ1v) is 12.9. The zero-order chi connectivity index (χ0) is 25.4. The number of amides is 3. The molecule has 2 saturated heterocycles. The second-order valence-electron chi connectivity index (χ2n) is 9.99. The van der Waals surface area contributed by atoms with E-state index in [0.29, 0.717) is 19.5 Å². The second-order valence-corrected chi connectivity index (χ2v) is 9.99. The molecule has 2 aliphatic heterocycles. The van der Waals surface area contributed by atoms with Crippen molar-refractivity contribution in [2.75, 3.05) is 33.7 Å². The van der Waals surface area contributed by atoms with Crippen LogP contribution in [0.3, 0.4) is 0 Å². The van der Waals surface area contributed by atoms with E-state index in [4.69, 9.17) is 5.73 Å². The minimum Gasteiger partial charge on any atom is -0.508 e. The summed E-state index contributed by atoms with van der Waals surface area (Å²) >= 11 is 0. The molecule has 4 atom stereocenters. The van der Waals surface area contributed by atoms with Gasteiger partial charge in [-0.05, 0) is 83.4 Å². The van der Waals surface area contributed by atoms with Gasteiger partial charge in [0.25, 0.3) is 0 Å². The lowest BCUT2D eigenvalue weighted by atomic mass is 9.92. The summed E-state index contributed by atoms with van der Waals surface area (Å²) in [6.45, 7) is 2.17. The molecular formula is C26H41N5O4. The number of phenolic OH excluding ortho intramolecular Hbond substituents is 1. The van der Waals surface area contributed by atoms with Crippen molar-refractivity contribution < 1.29 is 19.5 Å². The van der Waals surface area contributed by atoms with E-state index in [9.17, 15) is 19.5 Å². The summed E-state index contributed by atoms with van der Waals surface area (Å²) < 4.78 is 0. The normalized spacial score (nSPS) is 23.9. The Kier molecular flexibility index (Phi) is 9.92. The summed E-state index contributed by atoms with van der Waals surface area (Å²) in [6.07, 6.45) is 6.52. The standard InChI is InChI=1S/C26H41N5O4/c1-30(2)16-8-4-3-7-15-28-24(33)20-17-22-25(34)29-21(9-5-6-14-27)26(35)31(22)23(20)18-10-12-19(32)13-11-18/h10-13,20-23,32H,3-9,14-17,27H2,1-2H3,(H,28,33)(H,29,34)/t20-,21+,22-,23-/m1/s1. The first-order valence-electron chi connectivity index (χ1n) is 12.9. The van der Waals surface area contributed by atoms with E-state index in [2.05, 4.69) is 29.6 Å². The molecule has 0 radical (unpaired) electrons. The van der Waals surface area contributed by atoms with Crippen LogP contribution in [0.25, 0.3) is 0 Å². The van der Waals surface area contributed by atoms with Crippen LogP contribution < -0.4 is 16.4 Å². The monoisotopic (exact) mass is 487 g/mol. The fraction of sp³-hybridized carbons (Fsp3) is 0.654. The molecular weight excluding hydrogens is 446 g/mol. The van der Waals surface area contributed by atoms with Gasteiger partial charge in [0.05, 0.1) is 12.0 Å². The molecule has 0 saturated carbocycles. The number of carbonyl (C=O) groups excluding carboxylic acids is 3. The van der Waals surface area contributed by atoms with Crippen LogP contribution in [0.4, 0.5) is 0 Å². The van der Waals surface area contributed by atoms with E-state index >= 15 is 0 Å². The van der Waals surface area contributed by atoms with Crippen molar-refractivity contribution in [1.29, 1.82) is 0 Å². The lowest BCUT2D eigenvalue weighted by Gasteiger charge is -2.38. The van der Waals surface area contributed by atoms with Gasteiger partial charge in [-0.3, -0.25) is 14.4 Å². The van der Waals surface area contributed by atoms with Gasteiger partial charge in [-0.25, -0.2) is 0 Å². The van der Waals surface area contributed by atoms with Crippen molar-refractivity contribution in [1.82, 2.24) is 20.4 Å². The van der Waals surface area contributed by atoms with Crippen LogP contribution in [0, 0.1) is 5.92 Å². The molecule has 2 heterocycles. The third-order valence-corrected chi connectivity index (χ3v) is 7.02. The smallest absolute Gasteiger partial charge is 0.246 e.